The fraction of sp³-hybridized carbons (Fsp3) is 0.600. The zero-order valence-corrected chi connectivity index (χ0v) is 16.0. The molecular formula is C20H28N6O. The summed E-state index contributed by atoms with van der Waals surface area (Å²) in [5.41, 5.74) is 0. The van der Waals surface area contributed by atoms with Crippen LogP contribution in [-0.2, 0) is 4.79 Å². The summed E-state index contributed by atoms with van der Waals surface area (Å²) in [7, 11) is 0. The molecule has 0 aliphatic carbocycles. The molecule has 7 nitrogen and oxygen atoms in total. The number of piperidine rings is 2. The summed E-state index contributed by atoms with van der Waals surface area (Å²) >= 11 is 0. The van der Waals surface area contributed by atoms with Gasteiger partial charge in [0.25, 0.3) is 0 Å². The second-order valence-electron chi connectivity index (χ2n) is 7.56. The fourth-order valence-electron chi connectivity index (χ4n) is 4.38. The van der Waals surface area contributed by atoms with Gasteiger partial charge in [-0.3, -0.25) is 4.79 Å². The van der Waals surface area contributed by atoms with Crippen LogP contribution in [-0.4, -0.2) is 56.2 Å². The molecule has 0 N–H and O–H groups in total. The minimum atomic E-state index is 0.0639. The molecule has 0 saturated carbocycles. The van der Waals surface area contributed by atoms with Crippen LogP contribution in [0.25, 0.3) is 5.82 Å². The van der Waals surface area contributed by atoms with Gasteiger partial charge in [0.1, 0.15) is 12.1 Å². The van der Waals surface area contributed by atoms with E-state index in [0.29, 0.717) is 11.9 Å². The molecule has 2 saturated heterocycles. The van der Waals surface area contributed by atoms with Gasteiger partial charge in [-0.05, 0) is 44.6 Å². The SMILES string of the molecule is CCC1CCCCN1C(=O)C1CCCN(c2cc(-n3cccn3)ncn2)C1. The van der Waals surface area contributed by atoms with Gasteiger partial charge in [-0.25, -0.2) is 14.6 Å². The summed E-state index contributed by atoms with van der Waals surface area (Å²) in [5.74, 6) is 2.03. The second kappa shape index (κ2) is 8.06. The molecule has 2 aliphatic heterocycles. The van der Waals surface area contributed by atoms with Crippen molar-refractivity contribution in [2.75, 3.05) is 24.5 Å². The number of carbonyl (C=O) groups excluding carboxylic acids is 1. The van der Waals surface area contributed by atoms with Crippen molar-refractivity contribution in [2.45, 2.75) is 51.5 Å². The van der Waals surface area contributed by atoms with Crippen molar-refractivity contribution in [3.8, 4) is 5.82 Å². The molecule has 27 heavy (non-hydrogen) atoms. The highest BCUT2D eigenvalue weighted by atomic mass is 16.2. The molecule has 2 atom stereocenters. The average molecular weight is 368 g/mol. The number of likely N-dealkylation sites (tertiary alicyclic amines) is 1. The lowest BCUT2D eigenvalue weighted by molar-refractivity contribution is -0.139. The van der Waals surface area contributed by atoms with E-state index in [9.17, 15) is 4.79 Å². The van der Waals surface area contributed by atoms with E-state index in [1.807, 2.05) is 18.3 Å². The number of anilines is 1. The Morgan fingerprint density at radius 3 is 2.85 bits per heavy atom. The minimum absolute atomic E-state index is 0.0639. The van der Waals surface area contributed by atoms with Crippen molar-refractivity contribution >= 4 is 11.7 Å². The van der Waals surface area contributed by atoms with E-state index in [2.05, 4.69) is 31.8 Å². The van der Waals surface area contributed by atoms with Gasteiger partial charge in [0.05, 0.1) is 5.92 Å². The third kappa shape index (κ3) is 3.82. The number of amides is 1. The van der Waals surface area contributed by atoms with Crippen molar-refractivity contribution in [2.24, 2.45) is 5.92 Å². The van der Waals surface area contributed by atoms with Crippen LogP contribution in [0.2, 0.25) is 0 Å². The Bertz CT molecular complexity index is 762. The van der Waals surface area contributed by atoms with E-state index in [-0.39, 0.29) is 5.92 Å². The molecular weight excluding hydrogens is 340 g/mol. The molecule has 4 heterocycles. The van der Waals surface area contributed by atoms with E-state index in [0.717, 1.165) is 63.4 Å². The predicted molar refractivity (Wildman–Crippen MR) is 104 cm³/mol. The summed E-state index contributed by atoms with van der Waals surface area (Å²) in [6.45, 7) is 4.78. The van der Waals surface area contributed by atoms with Crippen molar-refractivity contribution in [3.63, 3.8) is 0 Å². The van der Waals surface area contributed by atoms with Gasteiger partial charge in [-0.2, -0.15) is 5.10 Å². The summed E-state index contributed by atoms with van der Waals surface area (Å²) < 4.78 is 1.73. The van der Waals surface area contributed by atoms with Crippen molar-refractivity contribution < 1.29 is 4.79 Å². The summed E-state index contributed by atoms with van der Waals surface area (Å²) in [4.78, 5) is 26.4. The smallest absolute Gasteiger partial charge is 0.227 e. The van der Waals surface area contributed by atoms with Crippen LogP contribution < -0.4 is 4.90 Å². The first-order valence-electron chi connectivity index (χ1n) is 10.1. The number of carbonyl (C=O) groups is 1. The maximum absolute atomic E-state index is 13.2. The Balaban J connectivity index is 1.48. The molecule has 7 heteroatoms. The molecule has 0 spiro atoms. The van der Waals surface area contributed by atoms with E-state index in [1.165, 1.54) is 6.42 Å². The van der Waals surface area contributed by atoms with Gasteiger partial charge in [0.2, 0.25) is 5.91 Å². The zero-order chi connectivity index (χ0) is 18.6. The van der Waals surface area contributed by atoms with Crippen molar-refractivity contribution in [1.29, 1.82) is 0 Å². The van der Waals surface area contributed by atoms with Crippen LogP contribution in [0.5, 0.6) is 0 Å². The zero-order valence-electron chi connectivity index (χ0n) is 16.0. The van der Waals surface area contributed by atoms with Gasteiger partial charge in [-0.1, -0.05) is 6.92 Å². The highest BCUT2D eigenvalue weighted by molar-refractivity contribution is 5.80. The molecule has 2 fully saturated rings. The van der Waals surface area contributed by atoms with Gasteiger partial charge in [0, 0.05) is 44.1 Å². The molecule has 2 unspecified atom stereocenters. The van der Waals surface area contributed by atoms with Crippen LogP contribution in [0.4, 0.5) is 5.82 Å². The second-order valence-corrected chi connectivity index (χ2v) is 7.56. The fourth-order valence-corrected chi connectivity index (χ4v) is 4.38. The van der Waals surface area contributed by atoms with Crippen LogP contribution >= 0.6 is 0 Å². The molecule has 144 valence electrons. The highest BCUT2D eigenvalue weighted by Crippen LogP contribution is 2.27. The van der Waals surface area contributed by atoms with Crippen LogP contribution in [0, 0.1) is 5.92 Å². The molecule has 2 aromatic rings. The maximum Gasteiger partial charge on any atom is 0.227 e. The number of aromatic nitrogens is 4. The Kier molecular flexibility index (Phi) is 5.36. The third-order valence-electron chi connectivity index (χ3n) is 5.85. The third-order valence-corrected chi connectivity index (χ3v) is 5.85. The van der Waals surface area contributed by atoms with E-state index in [1.54, 1.807) is 17.2 Å². The Morgan fingerprint density at radius 2 is 2.04 bits per heavy atom. The van der Waals surface area contributed by atoms with E-state index < -0.39 is 0 Å². The molecule has 4 rings (SSSR count). The van der Waals surface area contributed by atoms with Gasteiger partial charge >= 0.3 is 0 Å². The first kappa shape index (κ1) is 17.9. The Hall–Kier alpha value is -2.44. The minimum Gasteiger partial charge on any atom is -0.356 e. The van der Waals surface area contributed by atoms with Crippen molar-refractivity contribution in [3.05, 3.63) is 30.9 Å². The highest BCUT2D eigenvalue weighted by Gasteiger charge is 2.33. The van der Waals surface area contributed by atoms with Crippen LogP contribution in [0.1, 0.15) is 45.4 Å². The normalized spacial score (nSPS) is 23.4. The first-order chi connectivity index (χ1) is 13.3. The van der Waals surface area contributed by atoms with E-state index in [4.69, 9.17) is 0 Å². The molecule has 0 aromatic carbocycles. The first-order valence-corrected chi connectivity index (χ1v) is 10.1. The summed E-state index contributed by atoms with van der Waals surface area (Å²) in [6.07, 6.45) is 11.8. The largest absolute Gasteiger partial charge is 0.356 e. The quantitative estimate of drug-likeness (QED) is 0.830. The lowest BCUT2D eigenvalue weighted by atomic mass is 9.93. The van der Waals surface area contributed by atoms with Gasteiger partial charge in [0.15, 0.2) is 5.82 Å². The van der Waals surface area contributed by atoms with E-state index >= 15 is 0 Å². The molecule has 0 bridgehead atoms. The van der Waals surface area contributed by atoms with Crippen LogP contribution in [0.3, 0.4) is 0 Å². The number of hydrogen-bond acceptors (Lipinski definition) is 5. The summed E-state index contributed by atoms with van der Waals surface area (Å²) in [5, 5.41) is 4.24. The number of rotatable bonds is 4. The lowest BCUT2D eigenvalue weighted by Gasteiger charge is -2.40. The topological polar surface area (TPSA) is 67.2 Å². The van der Waals surface area contributed by atoms with Crippen molar-refractivity contribution in [1.82, 2.24) is 24.6 Å². The standard InChI is InChI=1S/C20H28N6O/c1-2-17-8-3-4-11-25(17)20(27)16-7-5-10-24(14-16)18-13-19(22-15-21-18)26-12-6-9-23-26/h6,9,12-13,15-17H,2-5,7-8,10-11,14H2,1H3. The maximum atomic E-state index is 13.2. The molecule has 0 radical (unpaired) electrons. The monoisotopic (exact) mass is 368 g/mol. The average Bonchev–Trinajstić information content (AvgIpc) is 3.28. The number of nitrogens with zero attached hydrogens (tertiary/aromatic N) is 6. The Labute approximate surface area is 160 Å². The molecule has 1 amide bonds. The van der Waals surface area contributed by atoms with Gasteiger partial charge < -0.3 is 9.80 Å². The van der Waals surface area contributed by atoms with Gasteiger partial charge in [-0.15, -0.1) is 0 Å². The Morgan fingerprint density at radius 1 is 1.15 bits per heavy atom. The molecule has 2 aromatic heterocycles. The lowest BCUT2D eigenvalue weighted by Crippen LogP contribution is -2.50. The van der Waals surface area contributed by atoms with Crippen LogP contribution in [0.15, 0.2) is 30.9 Å². The summed E-state index contributed by atoms with van der Waals surface area (Å²) in [6, 6.07) is 4.25. The predicted octanol–water partition coefficient (Wildman–Crippen LogP) is 2.67. The number of hydrogen-bond donors (Lipinski definition) is 0. The molecule has 2 aliphatic rings.